The first-order chi connectivity index (χ1) is 8.13. The molecule has 5 heteroatoms. The molecule has 17 heavy (non-hydrogen) atoms. The fourth-order valence-corrected chi connectivity index (χ4v) is 1.99. The van der Waals surface area contributed by atoms with Gasteiger partial charge in [0, 0.05) is 10.5 Å². The third kappa shape index (κ3) is 2.23. The van der Waals surface area contributed by atoms with Crippen molar-refractivity contribution >= 4 is 15.9 Å². The van der Waals surface area contributed by atoms with Crippen LogP contribution < -0.4 is 5.73 Å². The van der Waals surface area contributed by atoms with Gasteiger partial charge >= 0.3 is 0 Å². The summed E-state index contributed by atoms with van der Waals surface area (Å²) < 4.78 is 2.75. The van der Waals surface area contributed by atoms with Crippen molar-refractivity contribution in [1.29, 1.82) is 5.26 Å². The van der Waals surface area contributed by atoms with Crippen molar-refractivity contribution in [3.63, 3.8) is 0 Å². The van der Waals surface area contributed by atoms with E-state index in [-0.39, 0.29) is 6.04 Å². The molecule has 0 fully saturated rings. The number of nitriles is 1. The molecule has 0 aliphatic carbocycles. The predicted molar refractivity (Wildman–Crippen MR) is 68.6 cm³/mol. The topological polar surface area (TPSA) is 67.6 Å². The molecule has 2 aromatic rings. The van der Waals surface area contributed by atoms with E-state index in [1.807, 2.05) is 23.6 Å². The van der Waals surface area contributed by atoms with Gasteiger partial charge in [-0.3, -0.25) is 0 Å². The first-order valence-electron chi connectivity index (χ1n) is 5.11. The molecule has 0 bridgehead atoms. The number of nitrogens with two attached hydrogens (primary N) is 1. The van der Waals surface area contributed by atoms with Crippen LogP contribution in [-0.4, -0.2) is 9.55 Å². The highest BCUT2D eigenvalue weighted by atomic mass is 79.9. The summed E-state index contributed by atoms with van der Waals surface area (Å²) in [5.74, 6) is 0. The quantitative estimate of drug-likeness (QED) is 0.924. The van der Waals surface area contributed by atoms with Crippen molar-refractivity contribution in [2.75, 3.05) is 0 Å². The Hall–Kier alpha value is -1.64. The van der Waals surface area contributed by atoms with Gasteiger partial charge in [0.1, 0.15) is 6.07 Å². The van der Waals surface area contributed by atoms with Gasteiger partial charge in [0.2, 0.25) is 0 Å². The minimum atomic E-state index is -0.136. The van der Waals surface area contributed by atoms with Gasteiger partial charge < -0.3 is 10.3 Å². The number of imidazole rings is 1. The van der Waals surface area contributed by atoms with Crippen LogP contribution in [0.2, 0.25) is 0 Å². The van der Waals surface area contributed by atoms with Crippen molar-refractivity contribution in [3.05, 3.63) is 46.5 Å². The lowest BCUT2D eigenvalue weighted by Crippen LogP contribution is -2.11. The zero-order valence-corrected chi connectivity index (χ0v) is 10.8. The Balaban J connectivity index is 2.64. The molecule has 0 unspecified atom stereocenters. The highest BCUT2D eigenvalue weighted by Crippen LogP contribution is 2.23. The van der Waals surface area contributed by atoms with Gasteiger partial charge in [0.25, 0.3) is 0 Å². The Morgan fingerprint density at radius 3 is 2.94 bits per heavy atom. The van der Waals surface area contributed by atoms with E-state index in [9.17, 15) is 0 Å². The number of benzene rings is 1. The van der Waals surface area contributed by atoms with E-state index >= 15 is 0 Å². The number of hydrogen-bond acceptors (Lipinski definition) is 3. The third-order valence-corrected chi connectivity index (χ3v) is 2.97. The average Bonchev–Trinajstić information content (AvgIpc) is 2.77. The Morgan fingerprint density at radius 2 is 2.29 bits per heavy atom. The summed E-state index contributed by atoms with van der Waals surface area (Å²) in [6, 6.07) is 7.52. The summed E-state index contributed by atoms with van der Waals surface area (Å²) in [6.45, 7) is 1.89. The lowest BCUT2D eigenvalue weighted by atomic mass is 10.1. The van der Waals surface area contributed by atoms with Gasteiger partial charge in [0.05, 0.1) is 29.5 Å². The van der Waals surface area contributed by atoms with Crippen LogP contribution in [0.1, 0.15) is 24.2 Å². The van der Waals surface area contributed by atoms with Crippen LogP contribution in [0.25, 0.3) is 5.69 Å². The lowest BCUT2D eigenvalue weighted by molar-refractivity contribution is 0.752. The second-order valence-electron chi connectivity index (χ2n) is 3.75. The minimum absolute atomic E-state index is 0.136. The van der Waals surface area contributed by atoms with E-state index in [0.29, 0.717) is 5.56 Å². The maximum atomic E-state index is 9.11. The Kier molecular flexibility index (Phi) is 3.27. The first-order valence-corrected chi connectivity index (χ1v) is 5.90. The fraction of sp³-hybridized carbons (Fsp3) is 0.167. The molecule has 1 aromatic carbocycles. The van der Waals surface area contributed by atoms with E-state index in [0.717, 1.165) is 15.9 Å². The van der Waals surface area contributed by atoms with Crippen molar-refractivity contribution in [2.45, 2.75) is 13.0 Å². The third-order valence-electron chi connectivity index (χ3n) is 2.47. The van der Waals surface area contributed by atoms with Crippen LogP contribution in [0, 0.1) is 11.3 Å². The van der Waals surface area contributed by atoms with Gasteiger partial charge in [0.15, 0.2) is 0 Å². The smallest absolute Gasteiger partial charge is 0.101 e. The molecule has 0 aliphatic rings. The van der Waals surface area contributed by atoms with Crippen molar-refractivity contribution in [3.8, 4) is 11.8 Å². The van der Waals surface area contributed by atoms with Crippen molar-refractivity contribution in [2.24, 2.45) is 5.73 Å². The maximum Gasteiger partial charge on any atom is 0.101 e. The van der Waals surface area contributed by atoms with Crippen LogP contribution >= 0.6 is 15.9 Å². The second kappa shape index (κ2) is 4.70. The number of rotatable bonds is 2. The Labute approximate surface area is 108 Å². The zero-order chi connectivity index (χ0) is 12.4. The number of nitrogens with zero attached hydrogens (tertiary/aromatic N) is 3. The Bertz CT molecular complexity index is 580. The predicted octanol–water partition coefficient (Wildman–Crippen LogP) is 2.53. The average molecular weight is 291 g/mol. The molecule has 0 saturated heterocycles. The highest BCUT2D eigenvalue weighted by molar-refractivity contribution is 9.10. The van der Waals surface area contributed by atoms with Gasteiger partial charge in [-0.2, -0.15) is 5.26 Å². The van der Waals surface area contributed by atoms with E-state index in [4.69, 9.17) is 11.0 Å². The molecule has 1 atom stereocenters. The molecular weight excluding hydrogens is 280 g/mol. The monoisotopic (exact) mass is 290 g/mol. The summed E-state index contributed by atoms with van der Waals surface area (Å²) in [4.78, 5) is 4.08. The molecule has 2 N–H and O–H groups in total. The van der Waals surface area contributed by atoms with Gasteiger partial charge in [-0.15, -0.1) is 0 Å². The number of aromatic nitrogens is 2. The molecule has 1 heterocycles. The maximum absolute atomic E-state index is 9.11. The normalized spacial score (nSPS) is 12.1. The van der Waals surface area contributed by atoms with Gasteiger partial charge in [-0.1, -0.05) is 15.9 Å². The molecule has 0 aliphatic heterocycles. The first kappa shape index (κ1) is 11.8. The van der Waals surface area contributed by atoms with E-state index < -0.39 is 0 Å². The van der Waals surface area contributed by atoms with E-state index in [2.05, 4.69) is 27.0 Å². The van der Waals surface area contributed by atoms with E-state index in [1.54, 1.807) is 18.6 Å². The summed E-state index contributed by atoms with van der Waals surface area (Å²) in [7, 11) is 0. The summed E-state index contributed by atoms with van der Waals surface area (Å²) in [5.41, 5.74) is 8.12. The fourth-order valence-electron chi connectivity index (χ4n) is 1.64. The molecule has 0 radical (unpaired) electrons. The van der Waals surface area contributed by atoms with Crippen LogP contribution in [-0.2, 0) is 0 Å². The molecular formula is C12H11BrN4. The molecule has 86 valence electrons. The van der Waals surface area contributed by atoms with Gasteiger partial charge in [-0.25, -0.2) is 4.98 Å². The molecule has 1 aromatic heterocycles. The summed E-state index contributed by atoms with van der Waals surface area (Å²) in [5, 5.41) is 9.11. The summed E-state index contributed by atoms with van der Waals surface area (Å²) >= 11 is 3.40. The summed E-state index contributed by atoms with van der Waals surface area (Å²) in [6.07, 6.45) is 3.38. The molecule has 0 spiro atoms. The standard InChI is InChI=1S/C12H11BrN4/c1-8(15)12-6-16-7-17(12)11-4-10(13)3-2-9(11)5-14/h2-4,6-8H,15H2,1H3/t8-/m1/s1. The van der Waals surface area contributed by atoms with Crippen LogP contribution in [0.3, 0.4) is 0 Å². The molecule has 0 saturated carbocycles. The Morgan fingerprint density at radius 1 is 1.53 bits per heavy atom. The molecule has 2 rings (SSSR count). The van der Waals surface area contributed by atoms with Crippen LogP contribution in [0.4, 0.5) is 0 Å². The highest BCUT2D eigenvalue weighted by Gasteiger charge is 2.11. The minimum Gasteiger partial charge on any atom is -0.323 e. The molecule has 0 amide bonds. The van der Waals surface area contributed by atoms with Crippen molar-refractivity contribution < 1.29 is 0 Å². The number of hydrogen-bond donors (Lipinski definition) is 1. The van der Waals surface area contributed by atoms with Crippen LogP contribution in [0.5, 0.6) is 0 Å². The van der Waals surface area contributed by atoms with Gasteiger partial charge in [-0.05, 0) is 25.1 Å². The van der Waals surface area contributed by atoms with E-state index in [1.165, 1.54) is 0 Å². The molecule has 4 nitrogen and oxygen atoms in total. The lowest BCUT2D eigenvalue weighted by Gasteiger charge is -2.12. The SMILES string of the molecule is C[C@@H](N)c1cncn1-c1cc(Br)ccc1C#N. The second-order valence-corrected chi connectivity index (χ2v) is 4.67. The number of halogens is 1. The largest absolute Gasteiger partial charge is 0.323 e. The van der Waals surface area contributed by atoms with Crippen LogP contribution in [0.15, 0.2) is 35.2 Å². The zero-order valence-electron chi connectivity index (χ0n) is 9.26. The van der Waals surface area contributed by atoms with Crippen molar-refractivity contribution in [1.82, 2.24) is 9.55 Å².